The van der Waals surface area contributed by atoms with Crippen LogP contribution in [0.15, 0.2) is 24.3 Å². The second-order valence-electron chi connectivity index (χ2n) is 3.81. The SMILES string of the molecule is CC(Oc1cccc(F)c1)C(=O)N[C@@H](C)CO. The van der Waals surface area contributed by atoms with Crippen LogP contribution in [0.2, 0.25) is 0 Å². The number of carbonyl (C=O) groups excluding carboxylic acids is 1. The lowest BCUT2D eigenvalue weighted by molar-refractivity contribution is -0.128. The van der Waals surface area contributed by atoms with Crippen LogP contribution in [0.4, 0.5) is 4.39 Å². The number of rotatable bonds is 5. The monoisotopic (exact) mass is 241 g/mol. The topological polar surface area (TPSA) is 58.6 Å². The van der Waals surface area contributed by atoms with Crippen molar-refractivity contribution in [1.29, 1.82) is 0 Å². The zero-order valence-electron chi connectivity index (χ0n) is 9.81. The summed E-state index contributed by atoms with van der Waals surface area (Å²) in [6, 6.07) is 5.25. The Kier molecular flexibility index (Phi) is 4.90. The molecule has 0 heterocycles. The van der Waals surface area contributed by atoms with E-state index in [1.807, 2.05) is 0 Å². The fourth-order valence-corrected chi connectivity index (χ4v) is 1.20. The molecule has 4 nitrogen and oxygen atoms in total. The molecule has 2 atom stereocenters. The minimum absolute atomic E-state index is 0.140. The molecule has 17 heavy (non-hydrogen) atoms. The van der Waals surface area contributed by atoms with E-state index in [1.54, 1.807) is 19.9 Å². The van der Waals surface area contributed by atoms with Gasteiger partial charge in [0.05, 0.1) is 6.61 Å². The fourth-order valence-electron chi connectivity index (χ4n) is 1.20. The quantitative estimate of drug-likeness (QED) is 0.811. The van der Waals surface area contributed by atoms with E-state index >= 15 is 0 Å². The number of aliphatic hydroxyl groups is 1. The Bertz CT molecular complexity index is 384. The first-order chi connectivity index (χ1) is 8.02. The molecule has 0 spiro atoms. The van der Waals surface area contributed by atoms with Crippen LogP contribution in [0.5, 0.6) is 5.75 Å². The summed E-state index contributed by atoms with van der Waals surface area (Å²) < 4.78 is 18.1. The molecule has 1 rings (SSSR count). The lowest BCUT2D eigenvalue weighted by Crippen LogP contribution is -2.42. The Morgan fingerprint density at radius 1 is 1.53 bits per heavy atom. The van der Waals surface area contributed by atoms with Crippen LogP contribution in [0.25, 0.3) is 0 Å². The second kappa shape index (κ2) is 6.20. The van der Waals surface area contributed by atoms with Crippen molar-refractivity contribution in [2.75, 3.05) is 6.61 Å². The maximum Gasteiger partial charge on any atom is 0.261 e. The molecule has 1 aromatic carbocycles. The number of ether oxygens (including phenoxy) is 1. The summed E-state index contributed by atoms with van der Waals surface area (Å²) in [5, 5.41) is 11.3. The van der Waals surface area contributed by atoms with Crippen molar-refractivity contribution in [3.05, 3.63) is 30.1 Å². The molecular formula is C12H16FNO3. The third kappa shape index (κ3) is 4.40. The number of nitrogens with one attached hydrogen (secondary N) is 1. The van der Waals surface area contributed by atoms with Gasteiger partial charge in [0, 0.05) is 12.1 Å². The van der Waals surface area contributed by atoms with E-state index in [1.165, 1.54) is 18.2 Å². The van der Waals surface area contributed by atoms with Gasteiger partial charge in [-0.3, -0.25) is 4.79 Å². The van der Waals surface area contributed by atoms with Gasteiger partial charge >= 0.3 is 0 Å². The summed E-state index contributed by atoms with van der Waals surface area (Å²) in [4.78, 5) is 11.6. The Balaban J connectivity index is 2.54. The first-order valence-corrected chi connectivity index (χ1v) is 5.36. The zero-order chi connectivity index (χ0) is 12.8. The van der Waals surface area contributed by atoms with Gasteiger partial charge in [0.2, 0.25) is 0 Å². The van der Waals surface area contributed by atoms with Crippen LogP contribution in [-0.2, 0) is 4.79 Å². The molecule has 0 aliphatic carbocycles. The number of hydrogen-bond acceptors (Lipinski definition) is 3. The van der Waals surface area contributed by atoms with Crippen molar-refractivity contribution < 1.29 is 19.0 Å². The van der Waals surface area contributed by atoms with Crippen molar-refractivity contribution in [3.8, 4) is 5.75 Å². The highest BCUT2D eigenvalue weighted by Crippen LogP contribution is 2.13. The van der Waals surface area contributed by atoms with E-state index in [4.69, 9.17) is 9.84 Å². The number of carbonyl (C=O) groups is 1. The molecule has 0 saturated heterocycles. The van der Waals surface area contributed by atoms with E-state index in [0.717, 1.165) is 0 Å². The lowest BCUT2D eigenvalue weighted by atomic mass is 10.3. The standard InChI is InChI=1S/C12H16FNO3/c1-8(7-15)14-12(16)9(2)17-11-5-3-4-10(13)6-11/h3-6,8-9,15H,7H2,1-2H3,(H,14,16)/t8-,9?/m0/s1. The summed E-state index contributed by atoms with van der Waals surface area (Å²) in [5.41, 5.74) is 0. The molecule has 0 saturated carbocycles. The van der Waals surface area contributed by atoms with Gasteiger partial charge in [0.25, 0.3) is 5.91 Å². The normalized spacial score (nSPS) is 13.9. The summed E-state index contributed by atoms with van der Waals surface area (Å²) in [6.45, 7) is 3.09. The summed E-state index contributed by atoms with van der Waals surface area (Å²) in [7, 11) is 0. The van der Waals surface area contributed by atoms with Crippen molar-refractivity contribution >= 4 is 5.91 Å². The van der Waals surface area contributed by atoms with Crippen LogP contribution < -0.4 is 10.1 Å². The van der Waals surface area contributed by atoms with Crippen LogP contribution >= 0.6 is 0 Å². The van der Waals surface area contributed by atoms with Crippen LogP contribution in [-0.4, -0.2) is 29.8 Å². The molecule has 2 N–H and O–H groups in total. The Morgan fingerprint density at radius 3 is 2.82 bits per heavy atom. The third-order valence-corrected chi connectivity index (χ3v) is 2.14. The number of amides is 1. The molecule has 5 heteroatoms. The second-order valence-corrected chi connectivity index (χ2v) is 3.81. The van der Waals surface area contributed by atoms with Crippen LogP contribution in [0.1, 0.15) is 13.8 Å². The minimum atomic E-state index is -0.745. The third-order valence-electron chi connectivity index (χ3n) is 2.14. The molecule has 94 valence electrons. The summed E-state index contributed by atoms with van der Waals surface area (Å²) in [6.07, 6.45) is -0.745. The van der Waals surface area contributed by atoms with E-state index in [9.17, 15) is 9.18 Å². The van der Waals surface area contributed by atoms with Gasteiger partial charge in [0.1, 0.15) is 11.6 Å². The molecule has 0 bridgehead atoms. The van der Waals surface area contributed by atoms with Gasteiger partial charge in [-0.25, -0.2) is 4.39 Å². The highest BCUT2D eigenvalue weighted by molar-refractivity contribution is 5.80. The molecule has 1 amide bonds. The smallest absolute Gasteiger partial charge is 0.261 e. The molecular weight excluding hydrogens is 225 g/mol. The summed E-state index contributed by atoms with van der Waals surface area (Å²) >= 11 is 0. The highest BCUT2D eigenvalue weighted by Gasteiger charge is 2.16. The Hall–Kier alpha value is -1.62. The molecule has 0 aliphatic rings. The fraction of sp³-hybridized carbons (Fsp3) is 0.417. The number of benzene rings is 1. The van der Waals surface area contributed by atoms with Crippen molar-refractivity contribution in [3.63, 3.8) is 0 Å². The Labute approximate surface area is 99.4 Å². The van der Waals surface area contributed by atoms with Gasteiger partial charge < -0.3 is 15.2 Å². The van der Waals surface area contributed by atoms with E-state index < -0.39 is 11.9 Å². The maximum absolute atomic E-state index is 12.9. The maximum atomic E-state index is 12.9. The molecule has 0 radical (unpaired) electrons. The first kappa shape index (κ1) is 13.4. The minimum Gasteiger partial charge on any atom is -0.481 e. The van der Waals surface area contributed by atoms with Crippen LogP contribution in [0.3, 0.4) is 0 Å². The Morgan fingerprint density at radius 2 is 2.24 bits per heavy atom. The molecule has 0 aliphatic heterocycles. The van der Waals surface area contributed by atoms with Gasteiger partial charge in [-0.05, 0) is 26.0 Å². The van der Waals surface area contributed by atoms with E-state index in [2.05, 4.69) is 5.32 Å². The van der Waals surface area contributed by atoms with Crippen molar-refractivity contribution in [2.24, 2.45) is 0 Å². The number of halogens is 1. The predicted octanol–water partition coefficient (Wildman–Crippen LogP) is 1.09. The van der Waals surface area contributed by atoms with Crippen molar-refractivity contribution in [2.45, 2.75) is 26.0 Å². The first-order valence-electron chi connectivity index (χ1n) is 5.36. The van der Waals surface area contributed by atoms with E-state index in [-0.39, 0.29) is 18.6 Å². The largest absolute Gasteiger partial charge is 0.481 e. The van der Waals surface area contributed by atoms with Gasteiger partial charge in [-0.1, -0.05) is 6.07 Å². The predicted molar refractivity (Wildman–Crippen MR) is 61.2 cm³/mol. The molecule has 0 fully saturated rings. The highest BCUT2D eigenvalue weighted by atomic mass is 19.1. The lowest BCUT2D eigenvalue weighted by Gasteiger charge is -2.17. The van der Waals surface area contributed by atoms with Gasteiger partial charge in [-0.15, -0.1) is 0 Å². The molecule has 0 aromatic heterocycles. The van der Waals surface area contributed by atoms with Crippen molar-refractivity contribution in [1.82, 2.24) is 5.32 Å². The molecule has 1 unspecified atom stereocenters. The average Bonchev–Trinajstić information content (AvgIpc) is 2.28. The zero-order valence-corrected chi connectivity index (χ0v) is 9.81. The summed E-state index contributed by atoms with van der Waals surface area (Å²) in [5.74, 6) is -0.473. The molecule has 1 aromatic rings. The van der Waals surface area contributed by atoms with E-state index in [0.29, 0.717) is 5.75 Å². The number of aliphatic hydroxyl groups excluding tert-OH is 1. The number of hydrogen-bond donors (Lipinski definition) is 2. The van der Waals surface area contributed by atoms with Crippen LogP contribution in [0, 0.1) is 5.82 Å². The van der Waals surface area contributed by atoms with Gasteiger partial charge in [0.15, 0.2) is 6.10 Å². The average molecular weight is 241 g/mol. The van der Waals surface area contributed by atoms with Gasteiger partial charge in [-0.2, -0.15) is 0 Å².